The van der Waals surface area contributed by atoms with E-state index in [0.717, 1.165) is 45.4 Å². The minimum absolute atomic E-state index is 0.144. The predicted molar refractivity (Wildman–Crippen MR) is 61.9 cm³/mol. The Kier molecular flexibility index (Phi) is 3.82. The Bertz CT molecular complexity index is 251. The lowest BCUT2D eigenvalue weighted by atomic mass is 9.90. The maximum absolute atomic E-state index is 12.0. The van der Waals surface area contributed by atoms with E-state index >= 15 is 0 Å². The average Bonchev–Trinajstić information content (AvgIpc) is 2.33. The highest BCUT2D eigenvalue weighted by Crippen LogP contribution is 2.25. The molecule has 92 valence electrons. The number of amides is 1. The third kappa shape index (κ3) is 2.38. The van der Waals surface area contributed by atoms with Crippen molar-refractivity contribution in [2.75, 3.05) is 19.8 Å². The van der Waals surface area contributed by atoms with Gasteiger partial charge in [0.25, 0.3) is 0 Å². The number of carbonyl (C=O) groups excluding carboxylic acids is 1. The fraction of sp³-hybridized carbons (Fsp3) is 0.917. The summed E-state index contributed by atoms with van der Waals surface area (Å²) in [6, 6.07) is 0.0544. The summed E-state index contributed by atoms with van der Waals surface area (Å²) in [5.41, 5.74) is 5.82. The molecule has 2 saturated heterocycles. The van der Waals surface area contributed by atoms with Gasteiger partial charge < -0.3 is 15.4 Å². The maximum Gasteiger partial charge on any atom is 0.239 e. The first-order chi connectivity index (χ1) is 7.70. The summed E-state index contributed by atoms with van der Waals surface area (Å²) in [5.74, 6) is 0.730. The maximum atomic E-state index is 12.0. The van der Waals surface area contributed by atoms with Crippen LogP contribution in [-0.2, 0) is 9.53 Å². The highest BCUT2D eigenvalue weighted by Gasteiger charge is 2.33. The van der Waals surface area contributed by atoms with Crippen LogP contribution >= 0.6 is 0 Å². The summed E-state index contributed by atoms with van der Waals surface area (Å²) in [6.45, 7) is 4.71. The molecule has 2 fully saturated rings. The van der Waals surface area contributed by atoms with Crippen LogP contribution in [0.5, 0.6) is 0 Å². The third-order valence-electron chi connectivity index (χ3n) is 3.95. The molecule has 2 heterocycles. The smallest absolute Gasteiger partial charge is 0.239 e. The van der Waals surface area contributed by atoms with Gasteiger partial charge >= 0.3 is 0 Å². The van der Waals surface area contributed by atoms with Crippen LogP contribution in [-0.4, -0.2) is 42.6 Å². The van der Waals surface area contributed by atoms with Gasteiger partial charge in [0.1, 0.15) is 0 Å². The number of hydrogen-bond donors (Lipinski definition) is 1. The first kappa shape index (κ1) is 11.9. The van der Waals surface area contributed by atoms with E-state index in [0.29, 0.717) is 12.0 Å². The molecule has 0 aliphatic carbocycles. The molecule has 0 aromatic heterocycles. The van der Waals surface area contributed by atoms with Crippen LogP contribution in [0.1, 0.15) is 32.6 Å². The van der Waals surface area contributed by atoms with Crippen LogP contribution in [0.3, 0.4) is 0 Å². The van der Waals surface area contributed by atoms with E-state index < -0.39 is 0 Å². The first-order valence-electron chi connectivity index (χ1n) is 6.34. The quantitative estimate of drug-likeness (QED) is 0.756. The lowest BCUT2D eigenvalue weighted by Gasteiger charge is -2.40. The van der Waals surface area contributed by atoms with Crippen molar-refractivity contribution in [2.24, 2.45) is 11.7 Å². The van der Waals surface area contributed by atoms with Crippen molar-refractivity contribution in [2.45, 2.75) is 44.7 Å². The van der Waals surface area contributed by atoms with Gasteiger partial charge in [-0.15, -0.1) is 0 Å². The lowest BCUT2D eigenvalue weighted by Crippen LogP contribution is -2.54. The summed E-state index contributed by atoms with van der Waals surface area (Å²) in [7, 11) is 0. The standard InChI is InChI=1S/C12H22N2O2/c1-9(10-4-7-16-8-5-10)14-6-2-3-11(13)12(14)15/h9-11H,2-8,13H2,1H3. The molecule has 16 heavy (non-hydrogen) atoms. The second-order valence-electron chi connectivity index (χ2n) is 4.97. The second-order valence-corrected chi connectivity index (χ2v) is 4.97. The van der Waals surface area contributed by atoms with Crippen molar-refractivity contribution in [1.82, 2.24) is 4.90 Å². The molecular weight excluding hydrogens is 204 g/mol. The molecule has 2 unspecified atom stereocenters. The molecule has 0 bridgehead atoms. The van der Waals surface area contributed by atoms with Gasteiger partial charge in [-0.1, -0.05) is 0 Å². The summed E-state index contributed by atoms with van der Waals surface area (Å²) in [5, 5.41) is 0. The van der Waals surface area contributed by atoms with E-state index in [1.54, 1.807) is 0 Å². The summed E-state index contributed by atoms with van der Waals surface area (Å²) in [4.78, 5) is 14.0. The van der Waals surface area contributed by atoms with E-state index in [9.17, 15) is 4.79 Å². The Balaban J connectivity index is 1.96. The highest BCUT2D eigenvalue weighted by atomic mass is 16.5. The minimum Gasteiger partial charge on any atom is -0.381 e. The van der Waals surface area contributed by atoms with Crippen molar-refractivity contribution < 1.29 is 9.53 Å². The molecule has 0 radical (unpaired) electrons. The average molecular weight is 226 g/mol. The zero-order valence-corrected chi connectivity index (χ0v) is 10.0. The van der Waals surface area contributed by atoms with E-state index in [4.69, 9.17) is 10.5 Å². The molecule has 0 aromatic carbocycles. The van der Waals surface area contributed by atoms with Crippen LogP contribution in [0.15, 0.2) is 0 Å². The van der Waals surface area contributed by atoms with Gasteiger partial charge in [-0.05, 0) is 38.5 Å². The molecule has 2 N–H and O–H groups in total. The molecule has 0 spiro atoms. The predicted octanol–water partition coefficient (Wildman–Crippen LogP) is 0.751. The number of carbonyl (C=O) groups is 1. The van der Waals surface area contributed by atoms with Crippen molar-refractivity contribution in [3.8, 4) is 0 Å². The van der Waals surface area contributed by atoms with Crippen LogP contribution < -0.4 is 5.73 Å². The third-order valence-corrected chi connectivity index (χ3v) is 3.95. The molecule has 4 heteroatoms. The van der Waals surface area contributed by atoms with Crippen LogP contribution in [0, 0.1) is 5.92 Å². The fourth-order valence-corrected chi connectivity index (χ4v) is 2.79. The SMILES string of the molecule is CC(C1CCOCC1)N1CCCC(N)C1=O. The van der Waals surface area contributed by atoms with Crippen LogP contribution in [0.4, 0.5) is 0 Å². The lowest BCUT2D eigenvalue weighted by molar-refractivity contribution is -0.139. The van der Waals surface area contributed by atoms with Crippen LogP contribution in [0.25, 0.3) is 0 Å². The molecular formula is C12H22N2O2. The number of piperidine rings is 1. The van der Waals surface area contributed by atoms with Gasteiger partial charge in [-0.25, -0.2) is 0 Å². The Labute approximate surface area is 97.1 Å². The number of rotatable bonds is 2. The molecule has 0 aromatic rings. The van der Waals surface area contributed by atoms with E-state index in [2.05, 4.69) is 6.92 Å². The first-order valence-corrected chi connectivity index (χ1v) is 6.34. The van der Waals surface area contributed by atoms with Crippen molar-refractivity contribution >= 4 is 5.91 Å². The van der Waals surface area contributed by atoms with E-state index in [-0.39, 0.29) is 11.9 Å². The largest absolute Gasteiger partial charge is 0.381 e. The Hall–Kier alpha value is -0.610. The second kappa shape index (κ2) is 5.15. The monoisotopic (exact) mass is 226 g/mol. The number of ether oxygens (including phenoxy) is 1. The normalized spacial score (nSPS) is 30.5. The molecule has 2 aliphatic rings. The van der Waals surface area contributed by atoms with Crippen LogP contribution in [0.2, 0.25) is 0 Å². The van der Waals surface area contributed by atoms with Crippen molar-refractivity contribution in [1.29, 1.82) is 0 Å². The summed E-state index contributed by atoms with van der Waals surface area (Å²) >= 11 is 0. The molecule has 1 amide bonds. The molecule has 2 rings (SSSR count). The number of hydrogen-bond acceptors (Lipinski definition) is 3. The fourth-order valence-electron chi connectivity index (χ4n) is 2.79. The van der Waals surface area contributed by atoms with E-state index in [1.165, 1.54) is 0 Å². The minimum atomic E-state index is -0.268. The zero-order valence-electron chi connectivity index (χ0n) is 10.0. The van der Waals surface area contributed by atoms with Gasteiger partial charge in [0.2, 0.25) is 5.91 Å². The zero-order chi connectivity index (χ0) is 11.5. The number of likely N-dealkylation sites (tertiary alicyclic amines) is 1. The molecule has 2 atom stereocenters. The van der Waals surface area contributed by atoms with Gasteiger partial charge in [0.05, 0.1) is 6.04 Å². The molecule has 2 aliphatic heterocycles. The molecule has 0 saturated carbocycles. The Morgan fingerprint density at radius 2 is 2.06 bits per heavy atom. The number of nitrogens with zero attached hydrogens (tertiary/aromatic N) is 1. The van der Waals surface area contributed by atoms with Gasteiger partial charge in [-0.2, -0.15) is 0 Å². The Morgan fingerprint density at radius 3 is 2.75 bits per heavy atom. The number of nitrogens with two attached hydrogens (primary N) is 1. The van der Waals surface area contributed by atoms with Gasteiger partial charge in [0, 0.05) is 25.8 Å². The summed E-state index contributed by atoms with van der Waals surface area (Å²) < 4.78 is 5.36. The summed E-state index contributed by atoms with van der Waals surface area (Å²) in [6.07, 6.45) is 4.02. The van der Waals surface area contributed by atoms with Crippen molar-refractivity contribution in [3.63, 3.8) is 0 Å². The topological polar surface area (TPSA) is 55.6 Å². The highest BCUT2D eigenvalue weighted by molar-refractivity contribution is 5.82. The Morgan fingerprint density at radius 1 is 1.38 bits per heavy atom. The van der Waals surface area contributed by atoms with E-state index in [1.807, 2.05) is 4.90 Å². The van der Waals surface area contributed by atoms with Gasteiger partial charge in [0.15, 0.2) is 0 Å². The van der Waals surface area contributed by atoms with Gasteiger partial charge in [-0.3, -0.25) is 4.79 Å². The van der Waals surface area contributed by atoms with Crippen molar-refractivity contribution in [3.05, 3.63) is 0 Å². The molecule has 4 nitrogen and oxygen atoms in total.